The Balaban J connectivity index is 2.12. The molecule has 2 aromatic heterocycles. The van der Waals surface area contributed by atoms with Crippen molar-refractivity contribution in [3.05, 3.63) is 82.1 Å². The fourth-order valence-electron chi connectivity index (χ4n) is 2.77. The van der Waals surface area contributed by atoms with E-state index in [1.54, 1.807) is 0 Å². The largest absolute Gasteiger partial charge is 0.399 e. The van der Waals surface area contributed by atoms with Crippen molar-refractivity contribution in [3.63, 3.8) is 0 Å². The topological polar surface area (TPSA) is 87.6 Å². The minimum absolute atomic E-state index is 0.154. The van der Waals surface area contributed by atoms with E-state index in [0.717, 1.165) is 34.5 Å². The summed E-state index contributed by atoms with van der Waals surface area (Å²) in [5.74, 6) is 0. The van der Waals surface area contributed by atoms with Crippen LogP contribution in [0.3, 0.4) is 0 Å². The van der Waals surface area contributed by atoms with Crippen LogP contribution in [0, 0.1) is 0 Å². The molecule has 0 unspecified atom stereocenters. The van der Waals surface area contributed by atoms with Gasteiger partial charge in [0.25, 0.3) is 5.56 Å². The molecule has 0 radical (unpaired) electrons. The predicted molar refractivity (Wildman–Crippen MR) is 113 cm³/mol. The van der Waals surface area contributed by atoms with Crippen LogP contribution >= 0.6 is 0 Å². The maximum Gasteiger partial charge on any atom is 0.260 e. The molecule has 0 fully saturated rings. The number of rotatable bonds is 5. The molecule has 0 saturated carbocycles. The van der Waals surface area contributed by atoms with Crippen molar-refractivity contribution in [3.8, 4) is 0 Å². The second-order valence-corrected chi connectivity index (χ2v) is 6.62. The SMILES string of the molecule is CC/C(C)=C/C=C(\C=C(/C)c1cccc(N)c1)c1cc2c(=O)[nH]cnc2[nH]1. The van der Waals surface area contributed by atoms with Crippen molar-refractivity contribution in [1.29, 1.82) is 0 Å². The first-order valence-corrected chi connectivity index (χ1v) is 8.96. The zero-order chi connectivity index (χ0) is 19.4. The van der Waals surface area contributed by atoms with E-state index in [1.807, 2.05) is 37.3 Å². The molecular formula is C22H24N4O. The molecule has 0 spiro atoms. The van der Waals surface area contributed by atoms with Crippen LogP contribution in [0.4, 0.5) is 5.69 Å². The minimum atomic E-state index is -0.154. The molecule has 0 amide bonds. The van der Waals surface area contributed by atoms with Gasteiger partial charge in [-0.3, -0.25) is 4.79 Å². The number of nitrogens with one attached hydrogen (secondary N) is 2. The van der Waals surface area contributed by atoms with Gasteiger partial charge in [-0.2, -0.15) is 0 Å². The van der Waals surface area contributed by atoms with Crippen LogP contribution in [-0.4, -0.2) is 15.0 Å². The number of hydrogen-bond acceptors (Lipinski definition) is 3. The minimum Gasteiger partial charge on any atom is -0.399 e. The quantitative estimate of drug-likeness (QED) is 0.456. The number of aromatic nitrogens is 3. The summed E-state index contributed by atoms with van der Waals surface area (Å²) in [6.45, 7) is 6.27. The number of fused-ring (bicyclic) bond motifs is 1. The number of H-pyrrole nitrogens is 2. The van der Waals surface area contributed by atoms with Gasteiger partial charge in [0.1, 0.15) is 5.65 Å². The molecule has 0 saturated heterocycles. The molecule has 3 aromatic rings. The van der Waals surface area contributed by atoms with E-state index in [1.165, 1.54) is 11.9 Å². The van der Waals surface area contributed by atoms with E-state index >= 15 is 0 Å². The molecule has 0 bridgehead atoms. The van der Waals surface area contributed by atoms with Gasteiger partial charge in [0.15, 0.2) is 0 Å². The Labute approximate surface area is 158 Å². The molecule has 1 aromatic carbocycles. The average Bonchev–Trinajstić information content (AvgIpc) is 3.10. The lowest BCUT2D eigenvalue weighted by Crippen LogP contribution is -2.04. The highest BCUT2D eigenvalue weighted by Gasteiger charge is 2.08. The highest BCUT2D eigenvalue weighted by atomic mass is 16.1. The average molecular weight is 360 g/mol. The van der Waals surface area contributed by atoms with Gasteiger partial charge in [-0.15, -0.1) is 0 Å². The van der Waals surface area contributed by atoms with Crippen LogP contribution in [0.2, 0.25) is 0 Å². The number of allylic oxidation sites excluding steroid dienone is 6. The lowest BCUT2D eigenvalue weighted by Gasteiger charge is -2.06. The predicted octanol–water partition coefficient (Wildman–Crippen LogP) is 4.68. The van der Waals surface area contributed by atoms with Gasteiger partial charge in [0, 0.05) is 11.4 Å². The van der Waals surface area contributed by atoms with Crippen molar-refractivity contribution >= 4 is 27.9 Å². The third kappa shape index (κ3) is 4.26. The van der Waals surface area contributed by atoms with Crippen molar-refractivity contribution < 1.29 is 0 Å². The first kappa shape index (κ1) is 18.5. The van der Waals surface area contributed by atoms with Gasteiger partial charge >= 0.3 is 0 Å². The molecule has 5 heteroatoms. The fraction of sp³-hybridized carbons (Fsp3) is 0.182. The summed E-state index contributed by atoms with van der Waals surface area (Å²) < 4.78 is 0. The Morgan fingerprint density at radius 1 is 1.22 bits per heavy atom. The standard InChI is InChI=1S/C22H24N4O/c1-4-14(2)8-9-17(10-15(3)16-6-5-7-18(23)11-16)20-12-19-21(26-20)24-13-25-22(19)27/h5-13H,4,23H2,1-3H3,(H2,24,25,26,27)/b14-8+,15-10+,17-9+. The maximum absolute atomic E-state index is 12.0. The Hall–Kier alpha value is -3.34. The summed E-state index contributed by atoms with van der Waals surface area (Å²) in [6.07, 6.45) is 8.64. The third-order valence-electron chi connectivity index (χ3n) is 4.56. The van der Waals surface area contributed by atoms with Crippen LogP contribution in [0.15, 0.2) is 65.3 Å². The summed E-state index contributed by atoms with van der Waals surface area (Å²) >= 11 is 0. The van der Waals surface area contributed by atoms with Crippen molar-refractivity contribution in [1.82, 2.24) is 15.0 Å². The first-order chi connectivity index (χ1) is 13.0. The number of anilines is 1. The van der Waals surface area contributed by atoms with Crippen LogP contribution in [-0.2, 0) is 0 Å². The smallest absolute Gasteiger partial charge is 0.260 e. The maximum atomic E-state index is 12.0. The third-order valence-corrected chi connectivity index (χ3v) is 4.56. The van der Waals surface area contributed by atoms with Crippen molar-refractivity contribution in [2.75, 3.05) is 5.73 Å². The molecule has 4 N–H and O–H groups in total. The van der Waals surface area contributed by atoms with Gasteiger partial charge in [0.2, 0.25) is 0 Å². The molecule has 27 heavy (non-hydrogen) atoms. The second kappa shape index (κ2) is 7.91. The van der Waals surface area contributed by atoms with Gasteiger partial charge in [-0.1, -0.05) is 36.8 Å². The summed E-state index contributed by atoms with van der Waals surface area (Å²) in [5.41, 5.74) is 12.3. The number of aromatic amines is 2. The van der Waals surface area contributed by atoms with E-state index in [4.69, 9.17) is 5.73 Å². The number of nitrogens with zero attached hydrogens (tertiary/aromatic N) is 1. The van der Waals surface area contributed by atoms with E-state index in [9.17, 15) is 4.79 Å². The summed E-state index contributed by atoms with van der Waals surface area (Å²) in [7, 11) is 0. The lowest BCUT2D eigenvalue weighted by atomic mass is 10.0. The molecule has 3 rings (SSSR count). The normalized spacial score (nSPS) is 13.4. The first-order valence-electron chi connectivity index (χ1n) is 8.96. The summed E-state index contributed by atoms with van der Waals surface area (Å²) in [4.78, 5) is 22.1. The van der Waals surface area contributed by atoms with E-state index in [0.29, 0.717) is 11.0 Å². The van der Waals surface area contributed by atoms with E-state index in [-0.39, 0.29) is 5.56 Å². The molecule has 138 valence electrons. The Kier molecular flexibility index (Phi) is 5.41. The van der Waals surface area contributed by atoms with Gasteiger partial charge < -0.3 is 15.7 Å². The molecular weight excluding hydrogens is 336 g/mol. The number of hydrogen-bond donors (Lipinski definition) is 3. The van der Waals surface area contributed by atoms with Crippen LogP contribution in [0.25, 0.3) is 22.2 Å². The zero-order valence-corrected chi connectivity index (χ0v) is 15.8. The molecule has 0 aliphatic heterocycles. The zero-order valence-electron chi connectivity index (χ0n) is 15.8. The molecule has 0 aliphatic rings. The van der Waals surface area contributed by atoms with Crippen LogP contribution < -0.4 is 11.3 Å². The summed E-state index contributed by atoms with van der Waals surface area (Å²) in [5, 5.41) is 0.546. The summed E-state index contributed by atoms with van der Waals surface area (Å²) in [6, 6.07) is 9.64. The van der Waals surface area contributed by atoms with Crippen molar-refractivity contribution in [2.24, 2.45) is 0 Å². The highest BCUT2D eigenvalue weighted by molar-refractivity contribution is 5.88. The molecule has 0 aliphatic carbocycles. The van der Waals surface area contributed by atoms with Gasteiger partial charge in [-0.25, -0.2) is 4.98 Å². The Morgan fingerprint density at radius 2 is 2.04 bits per heavy atom. The fourth-order valence-corrected chi connectivity index (χ4v) is 2.77. The van der Waals surface area contributed by atoms with Gasteiger partial charge in [-0.05, 0) is 61.3 Å². The molecule has 0 atom stereocenters. The second-order valence-electron chi connectivity index (χ2n) is 6.62. The van der Waals surface area contributed by atoms with E-state index in [2.05, 4.69) is 47.0 Å². The number of benzene rings is 1. The Morgan fingerprint density at radius 3 is 2.74 bits per heavy atom. The lowest BCUT2D eigenvalue weighted by molar-refractivity contribution is 1.10. The molecule has 5 nitrogen and oxygen atoms in total. The number of nitrogen functional groups attached to an aromatic ring is 1. The molecule has 2 heterocycles. The Bertz CT molecular complexity index is 1110. The number of nitrogens with two attached hydrogens (primary N) is 1. The highest BCUT2D eigenvalue weighted by Crippen LogP contribution is 2.25. The van der Waals surface area contributed by atoms with Crippen LogP contribution in [0.1, 0.15) is 38.4 Å². The van der Waals surface area contributed by atoms with Crippen molar-refractivity contribution in [2.45, 2.75) is 27.2 Å². The van der Waals surface area contributed by atoms with Crippen LogP contribution in [0.5, 0.6) is 0 Å². The van der Waals surface area contributed by atoms with Gasteiger partial charge in [0.05, 0.1) is 11.7 Å². The van der Waals surface area contributed by atoms with E-state index < -0.39 is 0 Å². The monoisotopic (exact) mass is 360 g/mol.